The molecule has 0 fully saturated rings. The first kappa shape index (κ1) is 23.4. The fourth-order valence-corrected chi connectivity index (χ4v) is 12.9. The van der Waals surface area contributed by atoms with Gasteiger partial charge in [0.2, 0.25) is 5.69 Å². The van der Waals surface area contributed by atoms with Gasteiger partial charge in [-0.15, -0.1) is 0 Å². The second-order valence-electron chi connectivity index (χ2n) is 10.5. The minimum absolute atomic E-state index is 0.0366. The first-order valence-corrected chi connectivity index (χ1v) is 13.9. The molecular weight excluding hydrogens is 383 g/mol. The van der Waals surface area contributed by atoms with E-state index in [1.807, 2.05) is 6.20 Å². The molecule has 0 amide bonds. The zero-order valence-electron chi connectivity index (χ0n) is 21.0. The van der Waals surface area contributed by atoms with Gasteiger partial charge >= 0.3 is 0 Å². The molecule has 2 nitrogen and oxygen atoms in total. The van der Waals surface area contributed by atoms with E-state index in [4.69, 9.17) is 0 Å². The Bertz CT molecular complexity index is 895. The van der Waals surface area contributed by atoms with Gasteiger partial charge in [-0.3, -0.25) is 4.98 Å². The van der Waals surface area contributed by atoms with Crippen LogP contribution in [0.3, 0.4) is 0 Å². The van der Waals surface area contributed by atoms with Crippen molar-refractivity contribution in [2.24, 2.45) is 0 Å². The van der Waals surface area contributed by atoms with E-state index in [-0.39, 0.29) is 11.0 Å². The van der Waals surface area contributed by atoms with Crippen LogP contribution >= 0.6 is 7.26 Å². The molecular formula is C27H43N2P+2. The van der Waals surface area contributed by atoms with Crippen LogP contribution in [0.15, 0.2) is 36.8 Å². The normalized spacial score (nSPS) is 23.8. The molecule has 2 aromatic rings. The third-order valence-corrected chi connectivity index (χ3v) is 15.1. The Labute approximate surface area is 185 Å². The van der Waals surface area contributed by atoms with Crippen LogP contribution < -0.4 is 9.87 Å². The van der Waals surface area contributed by atoms with Crippen LogP contribution in [0, 0.1) is 0 Å². The van der Waals surface area contributed by atoms with Crippen LogP contribution in [-0.4, -0.2) is 22.0 Å². The second-order valence-corrected chi connectivity index (χ2v) is 15.8. The minimum Gasteiger partial charge on any atom is -0.252 e. The standard InChI is InChI=1S/C27H43N2P/c1-11-26(9)24-14-13-22(30(19(3)4,20(5)6)21(7)8)17-23(24)25-18-28-15-16-29(25)27(26,10)12-2/h13-21H,11-12H2,1-10H3/q+2. The van der Waals surface area contributed by atoms with Gasteiger partial charge in [0.1, 0.15) is 0 Å². The fourth-order valence-electron chi connectivity index (χ4n) is 6.83. The van der Waals surface area contributed by atoms with E-state index >= 15 is 0 Å². The summed E-state index contributed by atoms with van der Waals surface area (Å²) < 4.78 is 2.52. The average molecular weight is 427 g/mol. The molecule has 2 heterocycles. The molecule has 0 radical (unpaired) electrons. The summed E-state index contributed by atoms with van der Waals surface area (Å²) in [5, 5.41) is 1.59. The molecule has 1 aromatic carbocycles. The predicted molar refractivity (Wildman–Crippen MR) is 133 cm³/mol. The maximum absolute atomic E-state index is 4.56. The fraction of sp³-hybridized carbons (Fsp3) is 0.630. The van der Waals surface area contributed by atoms with E-state index in [9.17, 15) is 0 Å². The summed E-state index contributed by atoms with van der Waals surface area (Å²) in [4.78, 5) is 4.56. The third-order valence-electron chi connectivity index (χ3n) is 8.76. The van der Waals surface area contributed by atoms with Crippen molar-refractivity contribution < 1.29 is 4.57 Å². The molecule has 0 saturated heterocycles. The summed E-state index contributed by atoms with van der Waals surface area (Å²) in [6.45, 7) is 24.3. The predicted octanol–water partition coefficient (Wildman–Crippen LogP) is 6.71. The molecule has 0 aliphatic carbocycles. The number of fused-ring (bicyclic) bond motifs is 3. The van der Waals surface area contributed by atoms with Crippen LogP contribution in [-0.2, 0) is 11.0 Å². The summed E-state index contributed by atoms with van der Waals surface area (Å²) in [5.74, 6) is 0. The van der Waals surface area contributed by atoms with E-state index in [2.05, 4.69) is 109 Å². The Hall–Kier alpha value is -1.27. The quantitative estimate of drug-likeness (QED) is 0.370. The SMILES string of the molecule is CCC1(C)c2ccc([P+](C(C)C)(C(C)C)C(C)C)cc2-c2cncc[n+]2C1(C)CC. The Morgan fingerprint density at radius 3 is 2.03 bits per heavy atom. The van der Waals surface area contributed by atoms with E-state index in [0.717, 1.165) is 12.8 Å². The molecule has 30 heavy (non-hydrogen) atoms. The lowest BCUT2D eigenvalue weighted by atomic mass is 9.61. The number of rotatable bonds is 6. The van der Waals surface area contributed by atoms with Gasteiger partial charge in [-0.2, -0.15) is 4.57 Å². The van der Waals surface area contributed by atoms with Crippen LogP contribution in [0.25, 0.3) is 11.3 Å². The van der Waals surface area contributed by atoms with Gasteiger partial charge in [-0.1, -0.05) is 19.9 Å². The van der Waals surface area contributed by atoms with Gasteiger partial charge in [-0.05, 0) is 72.6 Å². The lowest BCUT2D eigenvalue weighted by Crippen LogP contribution is -2.67. The zero-order chi connectivity index (χ0) is 22.5. The van der Waals surface area contributed by atoms with Gasteiger partial charge in [0, 0.05) is 13.3 Å². The Morgan fingerprint density at radius 1 is 0.933 bits per heavy atom. The van der Waals surface area contributed by atoms with Gasteiger partial charge in [0.25, 0.3) is 0 Å². The van der Waals surface area contributed by atoms with Gasteiger partial charge in [0.15, 0.2) is 11.7 Å². The Kier molecular flexibility index (Phi) is 6.25. The number of benzene rings is 1. The lowest BCUT2D eigenvalue weighted by molar-refractivity contribution is -0.765. The van der Waals surface area contributed by atoms with Crippen molar-refractivity contribution in [1.29, 1.82) is 0 Å². The van der Waals surface area contributed by atoms with Crippen LogP contribution in [0.2, 0.25) is 0 Å². The molecule has 0 saturated carbocycles. The molecule has 2 atom stereocenters. The molecule has 0 spiro atoms. The summed E-state index contributed by atoms with van der Waals surface area (Å²) in [6.07, 6.45) is 8.47. The topological polar surface area (TPSA) is 16.8 Å². The first-order chi connectivity index (χ1) is 14.0. The molecule has 0 N–H and O–H groups in total. The Balaban J connectivity index is 2.39. The van der Waals surface area contributed by atoms with Crippen LogP contribution in [0.4, 0.5) is 0 Å². The molecule has 2 unspecified atom stereocenters. The summed E-state index contributed by atoms with van der Waals surface area (Å²) >= 11 is 0. The smallest absolute Gasteiger partial charge is 0.231 e. The molecule has 3 rings (SSSR count). The van der Waals surface area contributed by atoms with Crippen molar-refractivity contribution in [2.45, 2.75) is 110 Å². The Morgan fingerprint density at radius 2 is 1.53 bits per heavy atom. The molecule has 164 valence electrons. The zero-order valence-corrected chi connectivity index (χ0v) is 21.8. The average Bonchev–Trinajstić information content (AvgIpc) is 2.71. The van der Waals surface area contributed by atoms with Crippen LogP contribution in [0.1, 0.15) is 87.6 Å². The highest BCUT2D eigenvalue weighted by atomic mass is 31.2. The highest BCUT2D eigenvalue weighted by Crippen LogP contribution is 2.69. The second kappa shape index (κ2) is 8.01. The number of hydrogen-bond acceptors (Lipinski definition) is 1. The van der Waals surface area contributed by atoms with Gasteiger partial charge in [0.05, 0.1) is 52.9 Å². The van der Waals surface area contributed by atoms with Crippen molar-refractivity contribution in [1.82, 2.24) is 4.98 Å². The van der Waals surface area contributed by atoms with E-state index in [1.54, 1.807) is 5.30 Å². The largest absolute Gasteiger partial charge is 0.252 e. The number of aromatic nitrogens is 2. The van der Waals surface area contributed by atoms with Crippen LogP contribution in [0.5, 0.6) is 0 Å². The van der Waals surface area contributed by atoms with Crippen molar-refractivity contribution in [2.75, 3.05) is 0 Å². The van der Waals surface area contributed by atoms with E-state index < -0.39 is 7.26 Å². The van der Waals surface area contributed by atoms with Crippen molar-refractivity contribution in [3.8, 4) is 11.3 Å². The molecule has 1 aliphatic heterocycles. The van der Waals surface area contributed by atoms with E-state index in [0.29, 0.717) is 17.0 Å². The highest BCUT2D eigenvalue weighted by Gasteiger charge is 2.57. The molecule has 1 aromatic heterocycles. The molecule has 3 heteroatoms. The first-order valence-electron chi connectivity index (χ1n) is 11.9. The maximum Gasteiger partial charge on any atom is 0.231 e. The summed E-state index contributed by atoms with van der Waals surface area (Å²) in [7, 11) is -1.34. The third kappa shape index (κ3) is 2.93. The maximum atomic E-state index is 4.56. The summed E-state index contributed by atoms with van der Waals surface area (Å²) in [5.41, 5.74) is 6.34. The molecule has 1 aliphatic rings. The summed E-state index contributed by atoms with van der Waals surface area (Å²) in [6, 6.07) is 7.56. The van der Waals surface area contributed by atoms with Gasteiger partial charge in [-0.25, -0.2) is 0 Å². The number of nitrogens with zero attached hydrogens (tertiary/aromatic N) is 2. The lowest BCUT2D eigenvalue weighted by Gasteiger charge is -2.46. The monoisotopic (exact) mass is 426 g/mol. The van der Waals surface area contributed by atoms with Crippen molar-refractivity contribution in [3.05, 3.63) is 42.4 Å². The highest BCUT2D eigenvalue weighted by molar-refractivity contribution is 7.84. The van der Waals surface area contributed by atoms with Crippen molar-refractivity contribution in [3.63, 3.8) is 0 Å². The van der Waals surface area contributed by atoms with Crippen molar-refractivity contribution >= 4 is 12.6 Å². The molecule has 0 bridgehead atoms. The van der Waals surface area contributed by atoms with E-state index in [1.165, 1.54) is 16.8 Å². The number of hydrogen-bond donors (Lipinski definition) is 0. The minimum atomic E-state index is -1.34. The van der Waals surface area contributed by atoms with Gasteiger partial charge < -0.3 is 0 Å².